The molecule has 19 heavy (non-hydrogen) atoms. The van der Waals surface area contributed by atoms with E-state index in [1.807, 2.05) is 0 Å². The van der Waals surface area contributed by atoms with Gasteiger partial charge in [0.25, 0.3) is 0 Å². The van der Waals surface area contributed by atoms with Crippen molar-refractivity contribution in [1.82, 2.24) is 0 Å². The van der Waals surface area contributed by atoms with Gasteiger partial charge in [-0.15, -0.1) is 13.2 Å². The van der Waals surface area contributed by atoms with Gasteiger partial charge in [-0.3, -0.25) is 0 Å². The number of halogens is 3. The van der Waals surface area contributed by atoms with Crippen LogP contribution in [0.15, 0.2) is 24.3 Å². The van der Waals surface area contributed by atoms with Gasteiger partial charge in [-0.2, -0.15) is 5.26 Å². The summed E-state index contributed by atoms with van der Waals surface area (Å²) in [5.74, 6) is -0.267. The SMILES string of the molecule is CC(C)(C#N)CCNc1cccc(OC(F)(F)F)c1. The third-order valence-corrected chi connectivity index (χ3v) is 2.45. The lowest BCUT2D eigenvalue weighted by molar-refractivity contribution is -0.274. The smallest absolute Gasteiger partial charge is 0.406 e. The van der Waals surface area contributed by atoms with Gasteiger partial charge in [0.1, 0.15) is 5.75 Å². The first-order valence-electron chi connectivity index (χ1n) is 5.73. The molecule has 0 aromatic heterocycles. The fraction of sp³-hybridized carbons (Fsp3) is 0.462. The third kappa shape index (κ3) is 6.00. The summed E-state index contributed by atoms with van der Waals surface area (Å²) in [6.07, 6.45) is -4.10. The summed E-state index contributed by atoms with van der Waals surface area (Å²) in [4.78, 5) is 0. The Morgan fingerprint density at radius 2 is 2.00 bits per heavy atom. The zero-order chi connectivity index (χ0) is 14.5. The normalized spacial score (nSPS) is 11.8. The van der Waals surface area contributed by atoms with E-state index in [2.05, 4.69) is 16.1 Å². The van der Waals surface area contributed by atoms with Crippen LogP contribution in [0.2, 0.25) is 0 Å². The maximum absolute atomic E-state index is 12.0. The van der Waals surface area contributed by atoms with E-state index in [4.69, 9.17) is 5.26 Å². The second-order valence-electron chi connectivity index (χ2n) is 4.75. The first kappa shape index (κ1) is 15.2. The number of nitrogens with zero attached hydrogens (tertiary/aromatic N) is 1. The molecule has 6 heteroatoms. The van der Waals surface area contributed by atoms with Crippen LogP contribution in [0.1, 0.15) is 20.3 Å². The molecule has 1 N–H and O–H groups in total. The van der Waals surface area contributed by atoms with E-state index in [0.29, 0.717) is 18.7 Å². The molecule has 1 aromatic carbocycles. The number of nitriles is 1. The Bertz CT molecular complexity index is 464. The van der Waals surface area contributed by atoms with Crippen molar-refractivity contribution in [3.05, 3.63) is 24.3 Å². The molecule has 0 fully saturated rings. The number of hydrogen-bond donors (Lipinski definition) is 1. The van der Waals surface area contributed by atoms with Gasteiger partial charge in [-0.05, 0) is 32.4 Å². The van der Waals surface area contributed by atoms with E-state index in [1.165, 1.54) is 18.2 Å². The van der Waals surface area contributed by atoms with Crippen molar-refractivity contribution in [3.63, 3.8) is 0 Å². The summed E-state index contributed by atoms with van der Waals surface area (Å²) in [5, 5.41) is 11.8. The Morgan fingerprint density at radius 1 is 1.32 bits per heavy atom. The molecule has 0 atom stereocenters. The Balaban J connectivity index is 2.56. The van der Waals surface area contributed by atoms with Crippen LogP contribution in [0, 0.1) is 16.7 Å². The molecule has 0 spiro atoms. The van der Waals surface area contributed by atoms with Crippen LogP contribution in [-0.2, 0) is 0 Å². The Hall–Kier alpha value is -1.90. The van der Waals surface area contributed by atoms with Crippen molar-refractivity contribution in [2.24, 2.45) is 5.41 Å². The number of alkyl halides is 3. The number of hydrogen-bond acceptors (Lipinski definition) is 3. The van der Waals surface area contributed by atoms with Crippen LogP contribution < -0.4 is 10.1 Å². The number of benzene rings is 1. The summed E-state index contributed by atoms with van der Waals surface area (Å²) >= 11 is 0. The molecule has 3 nitrogen and oxygen atoms in total. The summed E-state index contributed by atoms with van der Waals surface area (Å²) in [7, 11) is 0. The predicted molar refractivity (Wildman–Crippen MR) is 65.6 cm³/mol. The van der Waals surface area contributed by atoms with E-state index in [1.54, 1.807) is 19.9 Å². The molecular weight excluding hydrogens is 257 g/mol. The van der Waals surface area contributed by atoms with E-state index in [9.17, 15) is 13.2 Å². The number of anilines is 1. The summed E-state index contributed by atoms with van der Waals surface area (Å²) in [6, 6.07) is 7.77. The molecule has 0 aliphatic rings. The molecule has 104 valence electrons. The molecule has 0 saturated carbocycles. The van der Waals surface area contributed by atoms with Gasteiger partial charge in [-0.1, -0.05) is 6.07 Å². The maximum Gasteiger partial charge on any atom is 0.573 e. The molecule has 0 amide bonds. The van der Waals surface area contributed by atoms with E-state index >= 15 is 0 Å². The largest absolute Gasteiger partial charge is 0.573 e. The van der Waals surface area contributed by atoms with Crippen LogP contribution >= 0.6 is 0 Å². The molecule has 0 aliphatic heterocycles. The van der Waals surface area contributed by atoms with E-state index in [0.717, 1.165) is 0 Å². The van der Waals surface area contributed by atoms with Gasteiger partial charge in [0.05, 0.1) is 11.5 Å². The lowest BCUT2D eigenvalue weighted by Crippen LogP contribution is -2.17. The van der Waals surface area contributed by atoms with Crippen LogP contribution in [-0.4, -0.2) is 12.9 Å². The Morgan fingerprint density at radius 3 is 2.58 bits per heavy atom. The molecule has 0 radical (unpaired) electrons. The molecule has 1 rings (SSSR count). The highest BCUT2D eigenvalue weighted by atomic mass is 19.4. The first-order chi connectivity index (χ1) is 8.72. The van der Waals surface area contributed by atoms with Gasteiger partial charge in [0.15, 0.2) is 0 Å². The van der Waals surface area contributed by atoms with Crippen molar-refractivity contribution in [1.29, 1.82) is 5.26 Å². The monoisotopic (exact) mass is 272 g/mol. The maximum atomic E-state index is 12.0. The number of rotatable bonds is 5. The van der Waals surface area contributed by atoms with E-state index < -0.39 is 11.8 Å². The second-order valence-corrected chi connectivity index (χ2v) is 4.75. The summed E-state index contributed by atoms with van der Waals surface area (Å²) in [5.41, 5.74) is 0.0584. The van der Waals surface area contributed by atoms with Crippen molar-refractivity contribution in [2.75, 3.05) is 11.9 Å². The van der Waals surface area contributed by atoms with Crippen molar-refractivity contribution < 1.29 is 17.9 Å². The zero-order valence-electron chi connectivity index (χ0n) is 10.7. The molecule has 0 bridgehead atoms. The summed E-state index contributed by atoms with van der Waals surface area (Å²) < 4.78 is 40.0. The third-order valence-electron chi connectivity index (χ3n) is 2.45. The summed E-state index contributed by atoms with van der Waals surface area (Å²) in [6.45, 7) is 4.10. The Labute approximate surface area is 110 Å². The molecule has 1 aromatic rings. The minimum absolute atomic E-state index is 0.267. The molecule has 0 aliphatic carbocycles. The van der Waals surface area contributed by atoms with E-state index in [-0.39, 0.29) is 5.75 Å². The molecule has 0 saturated heterocycles. The average molecular weight is 272 g/mol. The van der Waals surface area contributed by atoms with Crippen molar-refractivity contribution >= 4 is 5.69 Å². The zero-order valence-corrected chi connectivity index (χ0v) is 10.7. The van der Waals surface area contributed by atoms with Crippen molar-refractivity contribution in [2.45, 2.75) is 26.6 Å². The van der Waals surface area contributed by atoms with Gasteiger partial charge in [-0.25, -0.2) is 0 Å². The standard InChI is InChI=1S/C13H15F3N2O/c1-12(2,9-17)6-7-18-10-4-3-5-11(8-10)19-13(14,15)16/h3-5,8,18H,6-7H2,1-2H3. The number of ether oxygens (including phenoxy) is 1. The van der Waals surface area contributed by atoms with Gasteiger partial charge < -0.3 is 10.1 Å². The second kappa shape index (κ2) is 5.83. The fourth-order valence-electron chi connectivity index (χ4n) is 1.38. The topological polar surface area (TPSA) is 45.0 Å². The minimum atomic E-state index is -4.69. The molecule has 0 heterocycles. The van der Waals surface area contributed by atoms with Crippen LogP contribution in [0.5, 0.6) is 5.75 Å². The molecule has 0 unspecified atom stereocenters. The van der Waals surface area contributed by atoms with Crippen LogP contribution in [0.4, 0.5) is 18.9 Å². The van der Waals surface area contributed by atoms with Crippen LogP contribution in [0.3, 0.4) is 0 Å². The lowest BCUT2D eigenvalue weighted by Gasteiger charge is -2.16. The highest BCUT2D eigenvalue weighted by molar-refractivity contribution is 5.48. The molecular formula is C13H15F3N2O. The van der Waals surface area contributed by atoms with Crippen molar-refractivity contribution in [3.8, 4) is 11.8 Å². The predicted octanol–water partition coefficient (Wildman–Crippen LogP) is 3.94. The minimum Gasteiger partial charge on any atom is -0.406 e. The van der Waals surface area contributed by atoms with Crippen LogP contribution in [0.25, 0.3) is 0 Å². The lowest BCUT2D eigenvalue weighted by atomic mass is 9.91. The first-order valence-corrected chi connectivity index (χ1v) is 5.73. The highest BCUT2D eigenvalue weighted by Crippen LogP contribution is 2.25. The van der Waals surface area contributed by atoms with Gasteiger partial charge >= 0.3 is 6.36 Å². The van der Waals surface area contributed by atoms with Gasteiger partial charge in [0.2, 0.25) is 0 Å². The fourth-order valence-corrected chi connectivity index (χ4v) is 1.38. The number of nitrogens with one attached hydrogen (secondary N) is 1. The Kier molecular flexibility index (Phi) is 4.65. The highest BCUT2D eigenvalue weighted by Gasteiger charge is 2.31. The average Bonchev–Trinajstić information content (AvgIpc) is 2.27. The van der Waals surface area contributed by atoms with Gasteiger partial charge in [0, 0.05) is 18.3 Å². The quantitative estimate of drug-likeness (QED) is 0.883.